The second-order valence-electron chi connectivity index (χ2n) is 6.99. The summed E-state index contributed by atoms with van der Waals surface area (Å²) in [7, 11) is 1.40. The fourth-order valence-electron chi connectivity index (χ4n) is 3.03. The first-order valence-corrected chi connectivity index (χ1v) is 10.7. The van der Waals surface area contributed by atoms with E-state index in [2.05, 4.69) is 26.6 Å². The van der Waals surface area contributed by atoms with E-state index in [-0.39, 0.29) is 23.8 Å². The number of hydrogen-bond acceptors (Lipinski definition) is 9. The number of carbonyl (C=O) groups is 2. The highest BCUT2D eigenvalue weighted by Crippen LogP contribution is 2.31. The summed E-state index contributed by atoms with van der Waals surface area (Å²) < 4.78 is 15.2. The standard InChI is InChI=1S/C22H24N4O5S/c1-6-30-22(28)31-18-16(29-5)7-8-23-17(18)19(27)24-14(4)20-25-26-21(32-20)15-10-12(2)9-13(3)11-15/h7-11,14H,6H2,1-5H3,(H,24,27)/t14-/m0/s1. The van der Waals surface area contributed by atoms with Gasteiger partial charge in [0.2, 0.25) is 5.75 Å². The maximum absolute atomic E-state index is 12.9. The number of ether oxygens (including phenoxy) is 3. The molecular weight excluding hydrogens is 432 g/mol. The van der Waals surface area contributed by atoms with Crippen molar-refractivity contribution in [3.8, 4) is 22.1 Å². The number of rotatable bonds is 7. The topological polar surface area (TPSA) is 113 Å². The fraction of sp³-hybridized carbons (Fsp3) is 0.318. The van der Waals surface area contributed by atoms with Crippen LogP contribution in [0.3, 0.4) is 0 Å². The molecule has 0 radical (unpaired) electrons. The molecule has 0 saturated carbocycles. The fourth-order valence-corrected chi connectivity index (χ4v) is 3.87. The molecule has 0 aliphatic rings. The molecule has 3 rings (SSSR count). The van der Waals surface area contributed by atoms with E-state index in [9.17, 15) is 9.59 Å². The van der Waals surface area contributed by atoms with Crippen molar-refractivity contribution in [3.05, 3.63) is 52.3 Å². The molecule has 3 aromatic rings. The Bertz CT molecular complexity index is 1110. The molecule has 168 valence electrons. The van der Waals surface area contributed by atoms with Crippen LogP contribution in [0.5, 0.6) is 11.5 Å². The Labute approximate surface area is 189 Å². The van der Waals surface area contributed by atoms with E-state index >= 15 is 0 Å². The lowest BCUT2D eigenvalue weighted by Gasteiger charge is -2.14. The molecule has 1 N–H and O–H groups in total. The zero-order valence-electron chi connectivity index (χ0n) is 18.5. The van der Waals surface area contributed by atoms with Crippen molar-refractivity contribution >= 4 is 23.4 Å². The van der Waals surface area contributed by atoms with Crippen LogP contribution < -0.4 is 14.8 Å². The molecule has 1 atom stereocenters. The summed E-state index contributed by atoms with van der Waals surface area (Å²) in [6.45, 7) is 7.61. The smallest absolute Gasteiger partial charge is 0.493 e. The molecule has 2 heterocycles. The van der Waals surface area contributed by atoms with Crippen LogP contribution in [0.25, 0.3) is 10.6 Å². The van der Waals surface area contributed by atoms with E-state index in [0.29, 0.717) is 5.01 Å². The van der Waals surface area contributed by atoms with Crippen molar-refractivity contribution in [1.82, 2.24) is 20.5 Å². The third-order valence-corrected chi connectivity index (χ3v) is 5.53. The zero-order valence-corrected chi connectivity index (χ0v) is 19.3. The van der Waals surface area contributed by atoms with E-state index in [1.54, 1.807) is 13.8 Å². The van der Waals surface area contributed by atoms with Crippen LogP contribution in [0.2, 0.25) is 0 Å². The molecule has 1 aromatic carbocycles. The number of pyridine rings is 1. The monoisotopic (exact) mass is 456 g/mol. The number of nitrogens with zero attached hydrogens (tertiary/aromatic N) is 3. The molecule has 9 nitrogen and oxygen atoms in total. The van der Waals surface area contributed by atoms with Gasteiger partial charge in [-0.05, 0) is 39.8 Å². The maximum atomic E-state index is 12.9. The van der Waals surface area contributed by atoms with Gasteiger partial charge in [-0.15, -0.1) is 10.2 Å². The number of carbonyl (C=O) groups excluding carboxylic acids is 2. The first kappa shape index (κ1) is 23.1. The Balaban J connectivity index is 1.80. The van der Waals surface area contributed by atoms with Crippen LogP contribution in [-0.2, 0) is 4.74 Å². The van der Waals surface area contributed by atoms with E-state index in [1.165, 1.54) is 30.7 Å². The molecule has 0 aliphatic carbocycles. The minimum Gasteiger partial charge on any atom is -0.493 e. The predicted octanol–water partition coefficient (Wildman–Crippen LogP) is 4.25. The molecule has 0 aliphatic heterocycles. The lowest BCUT2D eigenvalue weighted by atomic mass is 10.1. The van der Waals surface area contributed by atoms with Gasteiger partial charge in [0.1, 0.15) is 10.0 Å². The normalized spacial score (nSPS) is 11.5. The number of aryl methyl sites for hydroxylation is 2. The highest BCUT2D eigenvalue weighted by atomic mass is 32.1. The first-order chi connectivity index (χ1) is 15.3. The summed E-state index contributed by atoms with van der Waals surface area (Å²) >= 11 is 1.39. The lowest BCUT2D eigenvalue weighted by molar-refractivity contribution is 0.0916. The first-order valence-electron chi connectivity index (χ1n) is 9.92. The second-order valence-corrected chi connectivity index (χ2v) is 8.00. The molecule has 0 spiro atoms. The van der Waals surface area contributed by atoms with Gasteiger partial charge in [-0.3, -0.25) is 4.79 Å². The molecule has 10 heteroatoms. The van der Waals surface area contributed by atoms with Crippen molar-refractivity contribution < 1.29 is 23.8 Å². The third kappa shape index (κ3) is 5.38. The van der Waals surface area contributed by atoms with Gasteiger partial charge in [0.05, 0.1) is 19.8 Å². The highest BCUT2D eigenvalue weighted by Gasteiger charge is 2.24. The molecule has 0 fully saturated rings. The molecule has 1 amide bonds. The summed E-state index contributed by atoms with van der Waals surface area (Å²) in [4.78, 5) is 28.8. The van der Waals surface area contributed by atoms with Crippen LogP contribution in [0.4, 0.5) is 4.79 Å². The minimum atomic E-state index is -0.955. The molecule has 0 saturated heterocycles. The Morgan fingerprint density at radius 2 is 1.88 bits per heavy atom. The van der Waals surface area contributed by atoms with Crippen LogP contribution in [-0.4, -0.2) is 41.0 Å². The largest absolute Gasteiger partial charge is 0.514 e. The van der Waals surface area contributed by atoms with Crippen LogP contribution in [0.15, 0.2) is 30.5 Å². The zero-order chi connectivity index (χ0) is 23.3. The average molecular weight is 457 g/mol. The number of benzene rings is 1. The molecular formula is C22H24N4O5S. The molecule has 0 bridgehead atoms. The molecule has 32 heavy (non-hydrogen) atoms. The highest BCUT2D eigenvalue weighted by molar-refractivity contribution is 7.14. The van der Waals surface area contributed by atoms with Gasteiger partial charge in [0, 0.05) is 17.8 Å². The van der Waals surface area contributed by atoms with Gasteiger partial charge < -0.3 is 19.5 Å². The summed E-state index contributed by atoms with van der Waals surface area (Å²) in [5, 5.41) is 12.7. The van der Waals surface area contributed by atoms with Gasteiger partial charge in [-0.2, -0.15) is 0 Å². The van der Waals surface area contributed by atoms with Gasteiger partial charge in [-0.1, -0.05) is 28.5 Å². The van der Waals surface area contributed by atoms with Crippen molar-refractivity contribution in [2.45, 2.75) is 33.7 Å². The Morgan fingerprint density at radius 3 is 2.53 bits per heavy atom. The molecule has 0 unspecified atom stereocenters. The van der Waals surface area contributed by atoms with E-state index in [1.807, 2.05) is 26.0 Å². The van der Waals surface area contributed by atoms with Gasteiger partial charge in [0.25, 0.3) is 5.91 Å². The van der Waals surface area contributed by atoms with E-state index < -0.39 is 18.1 Å². The van der Waals surface area contributed by atoms with E-state index in [0.717, 1.165) is 21.7 Å². The number of amides is 1. The SMILES string of the molecule is CCOC(=O)Oc1c(OC)ccnc1C(=O)N[C@@H](C)c1nnc(-c2cc(C)cc(C)c2)s1. The van der Waals surface area contributed by atoms with Crippen molar-refractivity contribution in [2.24, 2.45) is 0 Å². The Kier molecular flexibility index (Phi) is 7.37. The summed E-state index contributed by atoms with van der Waals surface area (Å²) in [5.41, 5.74) is 3.14. The number of methoxy groups -OCH3 is 1. The van der Waals surface area contributed by atoms with Crippen molar-refractivity contribution in [3.63, 3.8) is 0 Å². The second kappa shape index (κ2) is 10.2. The predicted molar refractivity (Wildman–Crippen MR) is 119 cm³/mol. The third-order valence-electron chi connectivity index (χ3n) is 4.38. The number of hydrogen-bond donors (Lipinski definition) is 1. The summed E-state index contributed by atoms with van der Waals surface area (Å²) in [5.74, 6) is -0.496. The Morgan fingerprint density at radius 1 is 1.16 bits per heavy atom. The number of nitrogens with one attached hydrogen (secondary N) is 1. The van der Waals surface area contributed by atoms with Gasteiger partial charge in [-0.25, -0.2) is 9.78 Å². The average Bonchev–Trinajstić information content (AvgIpc) is 3.24. The number of aromatic nitrogens is 3. The van der Waals surface area contributed by atoms with Crippen LogP contribution in [0, 0.1) is 13.8 Å². The van der Waals surface area contributed by atoms with Crippen LogP contribution >= 0.6 is 11.3 Å². The lowest BCUT2D eigenvalue weighted by Crippen LogP contribution is -2.28. The minimum absolute atomic E-state index is 0.108. The van der Waals surface area contributed by atoms with Crippen LogP contribution in [0.1, 0.15) is 46.5 Å². The Hall–Kier alpha value is -3.53. The quantitative estimate of drug-likeness (QED) is 0.525. The van der Waals surface area contributed by atoms with E-state index in [4.69, 9.17) is 14.2 Å². The molecule has 2 aromatic heterocycles. The van der Waals surface area contributed by atoms with Gasteiger partial charge in [0.15, 0.2) is 11.4 Å². The van der Waals surface area contributed by atoms with Crippen molar-refractivity contribution in [2.75, 3.05) is 13.7 Å². The van der Waals surface area contributed by atoms with Gasteiger partial charge >= 0.3 is 6.16 Å². The maximum Gasteiger partial charge on any atom is 0.514 e. The van der Waals surface area contributed by atoms with Crippen molar-refractivity contribution in [1.29, 1.82) is 0 Å². The summed E-state index contributed by atoms with van der Waals surface area (Å²) in [6.07, 6.45) is 0.433. The summed E-state index contributed by atoms with van der Waals surface area (Å²) in [6, 6.07) is 7.20.